The first-order chi connectivity index (χ1) is 10.1. The molecule has 0 spiro atoms. The molecule has 3 nitrogen and oxygen atoms in total. The minimum absolute atomic E-state index is 0.157. The summed E-state index contributed by atoms with van der Waals surface area (Å²) in [7, 11) is 1.80. The molecule has 1 aliphatic rings. The average Bonchev–Trinajstić information content (AvgIpc) is 2.86. The van der Waals surface area contributed by atoms with Gasteiger partial charge in [-0.2, -0.15) is 0 Å². The molecule has 1 aromatic carbocycles. The highest BCUT2D eigenvalue weighted by atomic mass is 15.2. The third-order valence-electron chi connectivity index (χ3n) is 4.06. The van der Waals surface area contributed by atoms with Crippen molar-refractivity contribution in [3.8, 4) is 0 Å². The molecule has 0 aliphatic carbocycles. The molecule has 2 rings (SSSR count). The fraction of sp³-hybridized carbons (Fsp3) is 0.389. The average molecular weight is 283 g/mol. The van der Waals surface area contributed by atoms with Crippen molar-refractivity contribution in [2.45, 2.75) is 19.5 Å². The van der Waals surface area contributed by atoms with E-state index in [1.54, 1.807) is 7.05 Å². The second-order valence-electron chi connectivity index (χ2n) is 5.72. The fourth-order valence-electron chi connectivity index (χ4n) is 2.70. The number of likely N-dealkylation sites (tertiary alicyclic amines) is 1. The van der Waals surface area contributed by atoms with Crippen molar-refractivity contribution < 1.29 is 0 Å². The lowest BCUT2D eigenvalue weighted by atomic mass is 9.95. The van der Waals surface area contributed by atoms with E-state index in [1.807, 2.05) is 19.1 Å². The first kappa shape index (κ1) is 15.7. The summed E-state index contributed by atoms with van der Waals surface area (Å²) in [5.41, 5.74) is 9.73. The normalized spacial score (nSPS) is 23.9. The van der Waals surface area contributed by atoms with Gasteiger partial charge in [0.05, 0.1) is 0 Å². The highest BCUT2D eigenvalue weighted by Gasteiger charge is 2.30. The number of nitrogens with two attached hydrogens (primary N) is 1. The predicted molar refractivity (Wildman–Crippen MR) is 90.5 cm³/mol. The van der Waals surface area contributed by atoms with E-state index in [0.29, 0.717) is 5.92 Å². The van der Waals surface area contributed by atoms with Gasteiger partial charge in [-0.3, -0.25) is 9.89 Å². The summed E-state index contributed by atoms with van der Waals surface area (Å²) < 4.78 is 0. The summed E-state index contributed by atoms with van der Waals surface area (Å²) in [4.78, 5) is 6.53. The number of nitrogens with zero attached hydrogens (tertiary/aromatic N) is 2. The van der Waals surface area contributed by atoms with Gasteiger partial charge in [0.25, 0.3) is 0 Å². The number of benzene rings is 1. The summed E-state index contributed by atoms with van der Waals surface area (Å²) in [5, 5.41) is 0. The molecule has 2 atom stereocenters. The van der Waals surface area contributed by atoms with Gasteiger partial charge in [0.15, 0.2) is 0 Å². The van der Waals surface area contributed by atoms with Crippen LogP contribution in [0.25, 0.3) is 0 Å². The first-order valence-electron chi connectivity index (χ1n) is 7.42. The van der Waals surface area contributed by atoms with Crippen LogP contribution in [0.1, 0.15) is 12.5 Å². The predicted octanol–water partition coefficient (Wildman–Crippen LogP) is 2.65. The molecular weight excluding hydrogens is 258 g/mol. The molecule has 1 fully saturated rings. The lowest BCUT2D eigenvalue weighted by Gasteiger charge is -2.16. The fourth-order valence-corrected chi connectivity index (χ4v) is 2.70. The molecule has 21 heavy (non-hydrogen) atoms. The van der Waals surface area contributed by atoms with Gasteiger partial charge >= 0.3 is 0 Å². The van der Waals surface area contributed by atoms with Gasteiger partial charge in [0, 0.05) is 44.4 Å². The summed E-state index contributed by atoms with van der Waals surface area (Å²) in [6, 6.07) is 10.7. The van der Waals surface area contributed by atoms with Gasteiger partial charge < -0.3 is 5.73 Å². The number of aliphatic imine (C=N–C) groups is 1. The van der Waals surface area contributed by atoms with Gasteiger partial charge in [0.2, 0.25) is 0 Å². The van der Waals surface area contributed by atoms with E-state index < -0.39 is 0 Å². The molecule has 2 N–H and O–H groups in total. The monoisotopic (exact) mass is 283 g/mol. The molecule has 112 valence electrons. The maximum atomic E-state index is 6.30. The zero-order valence-electron chi connectivity index (χ0n) is 13.0. The SMILES string of the molecule is C=C(/C=C\C(C)=N/C)[C@@H]1CN(Cc2ccccc2)C[C@H]1N. The molecule has 1 aromatic rings. The standard InChI is InChI=1S/C18H25N3/c1-14(9-10-15(2)20-3)17-12-21(13-18(17)19)11-16-7-5-4-6-8-16/h4-10,17-18H,1,11-13,19H2,2-3H3/b10-9-,20-15-/t17-,18+/m0/s1. The van der Waals surface area contributed by atoms with Gasteiger partial charge in [0.1, 0.15) is 0 Å². The smallest absolute Gasteiger partial charge is 0.0313 e. The molecule has 3 heteroatoms. The quantitative estimate of drug-likeness (QED) is 0.667. The van der Waals surface area contributed by atoms with E-state index >= 15 is 0 Å². The number of hydrogen-bond donors (Lipinski definition) is 1. The van der Waals surface area contributed by atoms with Crippen LogP contribution in [0.4, 0.5) is 0 Å². The molecule has 1 heterocycles. The third kappa shape index (κ3) is 4.38. The number of allylic oxidation sites excluding steroid dienone is 2. The molecule has 0 aromatic heterocycles. The Hall–Kier alpha value is -1.71. The van der Waals surface area contributed by atoms with Crippen LogP contribution in [-0.4, -0.2) is 36.8 Å². The van der Waals surface area contributed by atoms with Crippen molar-refractivity contribution in [3.05, 3.63) is 60.2 Å². The van der Waals surface area contributed by atoms with Crippen LogP contribution in [0.2, 0.25) is 0 Å². The number of rotatable bonds is 5. The Labute approximate surface area is 127 Å². The Bertz CT molecular complexity index is 531. The van der Waals surface area contributed by atoms with Crippen LogP contribution in [0, 0.1) is 5.92 Å². The van der Waals surface area contributed by atoms with Gasteiger partial charge in [-0.05, 0) is 24.1 Å². The van der Waals surface area contributed by atoms with Crippen LogP contribution >= 0.6 is 0 Å². The van der Waals surface area contributed by atoms with Gasteiger partial charge in [-0.15, -0.1) is 0 Å². The van der Waals surface area contributed by atoms with Crippen LogP contribution in [0.3, 0.4) is 0 Å². The number of hydrogen-bond acceptors (Lipinski definition) is 3. The summed E-state index contributed by atoms with van der Waals surface area (Å²) in [6.45, 7) is 9.03. The molecule has 0 bridgehead atoms. The Morgan fingerprint density at radius 3 is 2.71 bits per heavy atom. The van der Waals surface area contributed by atoms with E-state index in [4.69, 9.17) is 5.73 Å². The Morgan fingerprint density at radius 1 is 1.33 bits per heavy atom. The van der Waals surface area contributed by atoms with Crippen molar-refractivity contribution in [1.82, 2.24) is 4.90 Å². The van der Waals surface area contributed by atoms with E-state index in [2.05, 4.69) is 46.8 Å². The van der Waals surface area contributed by atoms with Crippen molar-refractivity contribution in [2.75, 3.05) is 20.1 Å². The molecular formula is C18H25N3. The van der Waals surface area contributed by atoms with Crippen molar-refractivity contribution >= 4 is 5.71 Å². The van der Waals surface area contributed by atoms with Crippen molar-refractivity contribution in [2.24, 2.45) is 16.6 Å². The van der Waals surface area contributed by atoms with Gasteiger partial charge in [-0.25, -0.2) is 0 Å². The van der Waals surface area contributed by atoms with Crippen LogP contribution in [-0.2, 0) is 6.54 Å². The lowest BCUT2D eigenvalue weighted by molar-refractivity contribution is 0.321. The Balaban J connectivity index is 1.95. The molecule has 0 unspecified atom stereocenters. The highest BCUT2D eigenvalue weighted by Crippen LogP contribution is 2.24. The third-order valence-corrected chi connectivity index (χ3v) is 4.06. The zero-order valence-corrected chi connectivity index (χ0v) is 13.0. The van der Waals surface area contributed by atoms with E-state index in [-0.39, 0.29) is 6.04 Å². The lowest BCUT2D eigenvalue weighted by Crippen LogP contribution is -2.30. The highest BCUT2D eigenvalue weighted by molar-refractivity contribution is 5.93. The molecule has 0 amide bonds. The maximum absolute atomic E-state index is 6.30. The Morgan fingerprint density at radius 2 is 2.05 bits per heavy atom. The van der Waals surface area contributed by atoms with Gasteiger partial charge in [-0.1, -0.05) is 43.0 Å². The zero-order chi connectivity index (χ0) is 15.2. The van der Waals surface area contributed by atoms with Crippen LogP contribution < -0.4 is 5.73 Å². The van der Waals surface area contributed by atoms with Crippen molar-refractivity contribution in [3.63, 3.8) is 0 Å². The van der Waals surface area contributed by atoms with E-state index in [9.17, 15) is 0 Å². The minimum atomic E-state index is 0.157. The van der Waals surface area contributed by atoms with Crippen LogP contribution in [0.5, 0.6) is 0 Å². The summed E-state index contributed by atoms with van der Waals surface area (Å²) >= 11 is 0. The summed E-state index contributed by atoms with van der Waals surface area (Å²) in [5.74, 6) is 0.328. The first-order valence-corrected chi connectivity index (χ1v) is 7.42. The molecule has 1 saturated heterocycles. The topological polar surface area (TPSA) is 41.6 Å². The molecule has 0 radical (unpaired) electrons. The second-order valence-corrected chi connectivity index (χ2v) is 5.72. The van der Waals surface area contributed by atoms with E-state index in [0.717, 1.165) is 30.9 Å². The van der Waals surface area contributed by atoms with Crippen LogP contribution in [0.15, 0.2) is 59.6 Å². The Kier molecular flexibility index (Phi) is 5.48. The largest absolute Gasteiger partial charge is 0.326 e. The van der Waals surface area contributed by atoms with E-state index in [1.165, 1.54) is 5.56 Å². The molecule has 1 aliphatic heterocycles. The summed E-state index contributed by atoms with van der Waals surface area (Å²) in [6.07, 6.45) is 4.06. The second kappa shape index (κ2) is 7.34. The minimum Gasteiger partial charge on any atom is -0.326 e. The van der Waals surface area contributed by atoms with Crippen molar-refractivity contribution in [1.29, 1.82) is 0 Å². The maximum Gasteiger partial charge on any atom is 0.0313 e. The molecule has 0 saturated carbocycles.